The predicted molar refractivity (Wildman–Crippen MR) is 78.6 cm³/mol. The molecule has 0 aromatic heterocycles. The van der Waals surface area contributed by atoms with Crippen LogP contribution in [-0.4, -0.2) is 40.8 Å². The van der Waals surface area contributed by atoms with Gasteiger partial charge >= 0.3 is 0 Å². The van der Waals surface area contributed by atoms with E-state index in [-0.39, 0.29) is 17.6 Å². The van der Waals surface area contributed by atoms with E-state index in [4.69, 9.17) is 8.92 Å². The SMILES string of the molecule is Cc1ccc(S(=O)(=O)OCCOC2CC3(CNC3)C2)cc1. The Morgan fingerprint density at radius 2 is 1.86 bits per heavy atom. The molecule has 6 heteroatoms. The fraction of sp³-hybridized carbons (Fsp3) is 0.600. The van der Waals surface area contributed by atoms with Crippen molar-refractivity contribution in [2.45, 2.75) is 30.8 Å². The molecule has 0 atom stereocenters. The van der Waals surface area contributed by atoms with Crippen molar-refractivity contribution in [1.29, 1.82) is 0 Å². The molecule has 1 saturated heterocycles. The Labute approximate surface area is 125 Å². The highest BCUT2D eigenvalue weighted by Crippen LogP contribution is 2.45. The summed E-state index contributed by atoms with van der Waals surface area (Å²) in [5.74, 6) is 0. The molecule has 2 fully saturated rings. The maximum absolute atomic E-state index is 11.9. The molecule has 1 spiro atoms. The van der Waals surface area contributed by atoms with E-state index < -0.39 is 10.1 Å². The molecule has 1 saturated carbocycles. The summed E-state index contributed by atoms with van der Waals surface area (Å²) in [7, 11) is -3.67. The highest BCUT2D eigenvalue weighted by Gasteiger charge is 2.48. The molecule has 21 heavy (non-hydrogen) atoms. The normalized spacial score (nSPS) is 21.0. The highest BCUT2D eigenvalue weighted by atomic mass is 32.2. The van der Waals surface area contributed by atoms with Crippen LogP contribution in [0.15, 0.2) is 29.2 Å². The van der Waals surface area contributed by atoms with Crippen molar-refractivity contribution in [2.24, 2.45) is 5.41 Å². The average molecular weight is 311 g/mol. The van der Waals surface area contributed by atoms with Crippen LogP contribution in [0, 0.1) is 12.3 Å². The molecule has 1 aliphatic carbocycles. The molecule has 0 amide bonds. The number of hydrogen-bond acceptors (Lipinski definition) is 5. The van der Waals surface area contributed by atoms with Gasteiger partial charge in [0, 0.05) is 18.5 Å². The summed E-state index contributed by atoms with van der Waals surface area (Å²) in [5.41, 5.74) is 1.49. The Morgan fingerprint density at radius 3 is 2.43 bits per heavy atom. The van der Waals surface area contributed by atoms with Crippen molar-refractivity contribution in [3.05, 3.63) is 29.8 Å². The van der Waals surface area contributed by atoms with E-state index in [0.29, 0.717) is 12.0 Å². The molecule has 0 unspecified atom stereocenters. The van der Waals surface area contributed by atoms with Crippen LogP contribution in [-0.2, 0) is 19.0 Å². The van der Waals surface area contributed by atoms with Gasteiger partial charge in [0.15, 0.2) is 0 Å². The van der Waals surface area contributed by atoms with Gasteiger partial charge < -0.3 is 10.1 Å². The molecule has 1 aromatic rings. The van der Waals surface area contributed by atoms with Crippen molar-refractivity contribution in [2.75, 3.05) is 26.3 Å². The van der Waals surface area contributed by atoms with Crippen molar-refractivity contribution in [1.82, 2.24) is 5.32 Å². The molecule has 0 radical (unpaired) electrons. The zero-order chi connectivity index (χ0) is 14.9. The van der Waals surface area contributed by atoms with E-state index in [9.17, 15) is 8.42 Å². The van der Waals surface area contributed by atoms with E-state index in [1.165, 1.54) is 0 Å². The third kappa shape index (κ3) is 3.29. The second kappa shape index (κ2) is 5.68. The summed E-state index contributed by atoms with van der Waals surface area (Å²) in [6.45, 7) is 4.47. The molecule has 5 nitrogen and oxygen atoms in total. The van der Waals surface area contributed by atoms with E-state index in [2.05, 4.69) is 5.32 Å². The van der Waals surface area contributed by atoms with Gasteiger partial charge in [0.25, 0.3) is 10.1 Å². The number of nitrogens with one attached hydrogen (secondary N) is 1. The third-order valence-corrected chi connectivity index (χ3v) is 5.63. The van der Waals surface area contributed by atoms with Gasteiger partial charge in [0.05, 0.1) is 24.2 Å². The summed E-state index contributed by atoms with van der Waals surface area (Å²) >= 11 is 0. The maximum atomic E-state index is 11.9. The van der Waals surface area contributed by atoms with Crippen LogP contribution >= 0.6 is 0 Å². The molecule has 0 bridgehead atoms. The van der Waals surface area contributed by atoms with Gasteiger partial charge in [-0.2, -0.15) is 8.42 Å². The quantitative estimate of drug-likeness (QED) is 0.636. The molecule has 116 valence electrons. The van der Waals surface area contributed by atoms with Crippen LogP contribution in [0.25, 0.3) is 0 Å². The van der Waals surface area contributed by atoms with Gasteiger partial charge in [-0.15, -0.1) is 0 Å². The molecule has 3 rings (SSSR count). The lowest BCUT2D eigenvalue weighted by atomic mass is 9.63. The smallest absolute Gasteiger partial charge is 0.297 e. The summed E-state index contributed by atoms with van der Waals surface area (Å²) in [5, 5.41) is 3.27. The van der Waals surface area contributed by atoms with Crippen LogP contribution in [0.1, 0.15) is 18.4 Å². The minimum atomic E-state index is -3.67. The Hall–Kier alpha value is -0.950. The number of aryl methyl sites for hydroxylation is 1. The first kappa shape index (κ1) is 15.0. The van der Waals surface area contributed by atoms with Crippen molar-refractivity contribution >= 4 is 10.1 Å². The Kier molecular flexibility index (Phi) is 4.05. The number of hydrogen-bond donors (Lipinski definition) is 1. The van der Waals surface area contributed by atoms with Gasteiger partial charge in [-0.25, -0.2) is 0 Å². The second-order valence-corrected chi connectivity index (χ2v) is 7.71. The lowest BCUT2D eigenvalue weighted by Gasteiger charge is -2.53. The Bertz CT molecular complexity index is 585. The van der Waals surface area contributed by atoms with E-state index in [1.807, 2.05) is 6.92 Å². The summed E-state index contributed by atoms with van der Waals surface area (Å²) in [4.78, 5) is 0.191. The molecule has 1 aliphatic heterocycles. The fourth-order valence-electron chi connectivity index (χ4n) is 2.92. The van der Waals surface area contributed by atoms with Crippen LogP contribution in [0.4, 0.5) is 0 Å². The molecule has 2 aliphatic rings. The first-order chi connectivity index (χ1) is 9.99. The average Bonchev–Trinajstić information content (AvgIpc) is 2.34. The maximum Gasteiger partial charge on any atom is 0.297 e. The van der Waals surface area contributed by atoms with Crippen molar-refractivity contribution < 1.29 is 17.3 Å². The van der Waals surface area contributed by atoms with E-state index >= 15 is 0 Å². The number of ether oxygens (including phenoxy) is 1. The zero-order valence-electron chi connectivity index (χ0n) is 12.2. The number of rotatable bonds is 6. The monoisotopic (exact) mass is 311 g/mol. The summed E-state index contributed by atoms with van der Waals surface area (Å²) in [6, 6.07) is 6.63. The fourth-order valence-corrected chi connectivity index (χ4v) is 3.82. The molecule has 1 N–H and O–H groups in total. The molecular weight excluding hydrogens is 290 g/mol. The van der Waals surface area contributed by atoms with Gasteiger partial charge in [-0.1, -0.05) is 17.7 Å². The van der Waals surface area contributed by atoms with Gasteiger partial charge in [0.1, 0.15) is 0 Å². The Morgan fingerprint density at radius 1 is 1.19 bits per heavy atom. The topological polar surface area (TPSA) is 64.6 Å². The number of benzene rings is 1. The first-order valence-electron chi connectivity index (χ1n) is 7.28. The minimum Gasteiger partial charge on any atom is -0.376 e. The van der Waals surface area contributed by atoms with Crippen LogP contribution in [0.3, 0.4) is 0 Å². The zero-order valence-corrected chi connectivity index (χ0v) is 13.0. The lowest BCUT2D eigenvalue weighted by molar-refractivity contribution is -0.107. The standard InChI is InChI=1S/C15H21NO4S/c1-12-2-4-14(5-3-12)21(17,18)20-7-6-19-13-8-15(9-13)10-16-11-15/h2-5,13,16H,6-11H2,1H3. The lowest BCUT2D eigenvalue weighted by Crippen LogP contribution is -2.62. The van der Waals surface area contributed by atoms with Crippen LogP contribution in [0.5, 0.6) is 0 Å². The van der Waals surface area contributed by atoms with Crippen LogP contribution < -0.4 is 5.32 Å². The first-order valence-corrected chi connectivity index (χ1v) is 8.68. The predicted octanol–water partition coefficient (Wildman–Crippen LogP) is 1.47. The van der Waals surface area contributed by atoms with Gasteiger partial charge in [-0.3, -0.25) is 4.18 Å². The van der Waals surface area contributed by atoms with Crippen molar-refractivity contribution in [3.63, 3.8) is 0 Å². The highest BCUT2D eigenvalue weighted by molar-refractivity contribution is 7.86. The third-order valence-electron chi connectivity index (χ3n) is 4.31. The minimum absolute atomic E-state index is 0.0674. The second-order valence-electron chi connectivity index (χ2n) is 6.09. The summed E-state index contributed by atoms with van der Waals surface area (Å²) in [6.07, 6.45) is 2.41. The van der Waals surface area contributed by atoms with Crippen LogP contribution in [0.2, 0.25) is 0 Å². The molecule has 1 aromatic carbocycles. The molecular formula is C15H21NO4S. The largest absolute Gasteiger partial charge is 0.376 e. The van der Waals surface area contributed by atoms with Gasteiger partial charge in [0.2, 0.25) is 0 Å². The molecule has 1 heterocycles. The summed E-state index contributed by atoms with van der Waals surface area (Å²) < 4.78 is 34.5. The van der Waals surface area contributed by atoms with Crippen molar-refractivity contribution in [3.8, 4) is 0 Å². The van der Waals surface area contributed by atoms with E-state index in [0.717, 1.165) is 31.5 Å². The van der Waals surface area contributed by atoms with Gasteiger partial charge in [-0.05, 0) is 31.9 Å². The Balaban J connectivity index is 1.39. The van der Waals surface area contributed by atoms with E-state index in [1.54, 1.807) is 24.3 Å².